The van der Waals surface area contributed by atoms with Gasteiger partial charge in [-0.2, -0.15) is 0 Å². The van der Waals surface area contributed by atoms with Crippen molar-refractivity contribution in [1.29, 1.82) is 0 Å². The monoisotopic (exact) mass is 418 g/mol. The Morgan fingerprint density at radius 3 is 2.48 bits per heavy atom. The van der Waals surface area contributed by atoms with E-state index in [0.29, 0.717) is 36.7 Å². The van der Waals surface area contributed by atoms with Crippen molar-refractivity contribution in [2.45, 2.75) is 20.3 Å². The molecule has 0 unspecified atom stereocenters. The average molecular weight is 419 g/mol. The molecule has 8 nitrogen and oxygen atoms in total. The van der Waals surface area contributed by atoms with E-state index < -0.39 is 0 Å². The largest absolute Gasteiger partial charge is 0.368 e. The lowest BCUT2D eigenvalue weighted by molar-refractivity contribution is -0.115. The first-order valence-electron chi connectivity index (χ1n) is 10.5. The Morgan fingerprint density at radius 1 is 1.03 bits per heavy atom. The number of carbonyl (C=O) groups is 2. The molecule has 0 aliphatic carbocycles. The normalized spacial score (nSPS) is 13.9. The Balaban J connectivity index is 1.39. The Labute approximate surface area is 181 Å². The maximum atomic E-state index is 12.9. The van der Waals surface area contributed by atoms with Crippen molar-refractivity contribution in [3.63, 3.8) is 0 Å². The summed E-state index contributed by atoms with van der Waals surface area (Å²) in [6.45, 7) is 6.81. The van der Waals surface area contributed by atoms with Crippen LogP contribution in [0.1, 0.15) is 29.4 Å². The van der Waals surface area contributed by atoms with Gasteiger partial charge in [0.05, 0.1) is 11.9 Å². The van der Waals surface area contributed by atoms with Crippen LogP contribution in [-0.4, -0.2) is 57.4 Å². The van der Waals surface area contributed by atoms with Crippen molar-refractivity contribution in [3.05, 3.63) is 66.4 Å². The van der Waals surface area contributed by atoms with E-state index in [-0.39, 0.29) is 11.8 Å². The topological polar surface area (TPSA) is 83.4 Å². The van der Waals surface area contributed by atoms with Gasteiger partial charge in [0.15, 0.2) is 0 Å². The first kappa shape index (κ1) is 20.6. The molecule has 0 atom stereocenters. The third kappa shape index (κ3) is 4.58. The van der Waals surface area contributed by atoms with Gasteiger partial charge < -0.3 is 15.1 Å². The molecule has 2 amide bonds. The van der Waals surface area contributed by atoms with E-state index in [1.54, 1.807) is 42.3 Å². The Bertz CT molecular complexity index is 1070. The first-order chi connectivity index (χ1) is 15.0. The fourth-order valence-corrected chi connectivity index (χ4v) is 3.65. The van der Waals surface area contributed by atoms with Crippen molar-refractivity contribution in [2.24, 2.45) is 0 Å². The van der Waals surface area contributed by atoms with Gasteiger partial charge in [-0.1, -0.05) is 25.1 Å². The summed E-state index contributed by atoms with van der Waals surface area (Å²) in [4.78, 5) is 37.2. The number of nitrogens with zero attached hydrogens (tertiary/aromatic N) is 5. The second-order valence-electron chi connectivity index (χ2n) is 7.54. The van der Waals surface area contributed by atoms with Gasteiger partial charge >= 0.3 is 0 Å². The number of nitrogens with one attached hydrogen (secondary N) is 1. The van der Waals surface area contributed by atoms with E-state index in [1.165, 1.54) is 11.3 Å². The number of aryl methyl sites for hydroxylation is 1. The zero-order valence-corrected chi connectivity index (χ0v) is 17.8. The Hall–Kier alpha value is -3.68. The fraction of sp³-hybridized carbons (Fsp3) is 0.304. The highest BCUT2D eigenvalue weighted by Crippen LogP contribution is 2.21. The second kappa shape index (κ2) is 8.99. The standard InChI is InChI=1S/C23H26N6O2/c1-3-22(30)26-18-8-9-21(24-14-18)29-15-19(25-16-29)23(31)28-12-10-27(11-13-28)20-7-5-4-6-17(20)2/h4-9,14-16H,3,10-13H2,1-2H3,(H,26,30). The molecular weight excluding hydrogens is 392 g/mol. The van der Waals surface area contributed by atoms with E-state index in [2.05, 4.69) is 39.2 Å². The quantitative estimate of drug-likeness (QED) is 0.689. The van der Waals surface area contributed by atoms with E-state index in [9.17, 15) is 9.59 Å². The lowest BCUT2D eigenvalue weighted by Gasteiger charge is -2.36. The molecule has 8 heteroatoms. The van der Waals surface area contributed by atoms with Crippen molar-refractivity contribution < 1.29 is 9.59 Å². The summed E-state index contributed by atoms with van der Waals surface area (Å²) in [7, 11) is 0. The molecule has 1 fully saturated rings. The van der Waals surface area contributed by atoms with Crippen molar-refractivity contribution >= 4 is 23.2 Å². The molecular formula is C23H26N6O2. The maximum Gasteiger partial charge on any atom is 0.274 e. The smallest absolute Gasteiger partial charge is 0.274 e. The summed E-state index contributed by atoms with van der Waals surface area (Å²) in [5, 5.41) is 2.76. The molecule has 0 saturated carbocycles. The van der Waals surface area contributed by atoms with Crippen LogP contribution < -0.4 is 10.2 Å². The minimum Gasteiger partial charge on any atom is -0.368 e. The number of anilines is 2. The molecule has 1 saturated heterocycles. The zero-order valence-electron chi connectivity index (χ0n) is 17.8. The van der Waals surface area contributed by atoms with Crippen LogP contribution in [0.25, 0.3) is 5.82 Å². The first-order valence-corrected chi connectivity index (χ1v) is 10.5. The van der Waals surface area contributed by atoms with Crippen LogP contribution in [0.3, 0.4) is 0 Å². The number of rotatable bonds is 5. The molecule has 0 bridgehead atoms. The number of hydrogen-bond acceptors (Lipinski definition) is 5. The number of amides is 2. The summed E-state index contributed by atoms with van der Waals surface area (Å²) in [6, 6.07) is 11.9. The summed E-state index contributed by atoms with van der Waals surface area (Å²) >= 11 is 0. The SMILES string of the molecule is CCC(=O)Nc1ccc(-n2cnc(C(=O)N3CCN(c4ccccc4C)CC3)c2)nc1. The predicted octanol–water partition coefficient (Wildman–Crippen LogP) is 2.89. The molecule has 3 heterocycles. The molecule has 0 radical (unpaired) electrons. The number of benzene rings is 1. The summed E-state index contributed by atoms with van der Waals surface area (Å²) in [5.74, 6) is 0.494. The molecule has 4 rings (SSSR count). The highest BCUT2D eigenvalue weighted by molar-refractivity contribution is 5.92. The van der Waals surface area contributed by atoms with Crippen LogP contribution >= 0.6 is 0 Å². The zero-order chi connectivity index (χ0) is 21.8. The van der Waals surface area contributed by atoms with Gasteiger partial charge in [0.25, 0.3) is 5.91 Å². The molecule has 2 aromatic heterocycles. The predicted molar refractivity (Wildman–Crippen MR) is 120 cm³/mol. The Morgan fingerprint density at radius 2 is 1.81 bits per heavy atom. The van der Waals surface area contributed by atoms with Gasteiger partial charge in [0.1, 0.15) is 17.8 Å². The molecule has 31 heavy (non-hydrogen) atoms. The van der Waals surface area contributed by atoms with Gasteiger partial charge in [-0.3, -0.25) is 14.2 Å². The third-order valence-electron chi connectivity index (χ3n) is 5.44. The number of hydrogen-bond donors (Lipinski definition) is 1. The molecule has 1 aliphatic rings. The van der Waals surface area contributed by atoms with Gasteiger partial charge in [-0.15, -0.1) is 0 Å². The molecule has 1 aromatic carbocycles. The fourth-order valence-electron chi connectivity index (χ4n) is 3.65. The van der Waals surface area contributed by atoms with E-state index in [4.69, 9.17) is 0 Å². The van der Waals surface area contributed by atoms with E-state index >= 15 is 0 Å². The molecule has 3 aromatic rings. The van der Waals surface area contributed by atoms with E-state index in [1.807, 2.05) is 17.0 Å². The van der Waals surface area contributed by atoms with Gasteiger partial charge in [0.2, 0.25) is 5.91 Å². The van der Waals surface area contributed by atoms with Crippen molar-refractivity contribution in [3.8, 4) is 5.82 Å². The highest BCUT2D eigenvalue weighted by atomic mass is 16.2. The van der Waals surface area contributed by atoms with Crippen molar-refractivity contribution in [2.75, 3.05) is 36.4 Å². The van der Waals surface area contributed by atoms with E-state index in [0.717, 1.165) is 13.1 Å². The van der Waals surface area contributed by atoms with Gasteiger partial charge in [-0.25, -0.2) is 9.97 Å². The average Bonchev–Trinajstić information content (AvgIpc) is 3.30. The lowest BCUT2D eigenvalue weighted by Crippen LogP contribution is -2.49. The van der Waals surface area contributed by atoms with Gasteiger partial charge in [-0.05, 0) is 30.7 Å². The number of pyridine rings is 1. The molecule has 1 N–H and O–H groups in total. The maximum absolute atomic E-state index is 12.9. The van der Waals surface area contributed by atoms with Crippen LogP contribution in [0.4, 0.5) is 11.4 Å². The van der Waals surface area contributed by atoms with Gasteiger partial charge in [0, 0.05) is 44.5 Å². The lowest BCUT2D eigenvalue weighted by atomic mass is 10.1. The number of aromatic nitrogens is 3. The van der Waals surface area contributed by atoms with Crippen LogP contribution in [0.15, 0.2) is 55.1 Å². The van der Waals surface area contributed by atoms with Crippen LogP contribution in [-0.2, 0) is 4.79 Å². The molecule has 160 valence electrons. The Kier molecular flexibility index (Phi) is 5.97. The summed E-state index contributed by atoms with van der Waals surface area (Å²) < 4.78 is 1.71. The van der Waals surface area contributed by atoms with Crippen LogP contribution in [0.2, 0.25) is 0 Å². The minimum absolute atomic E-state index is 0.0624. The number of para-hydroxylation sites is 1. The number of imidazole rings is 1. The number of carbonyl (C=O) groups excluding carboxylic acids is 2. The number of piperazine rings is 1. The molecule has 0 spiro atoms. The van der Waals surface area contributed by atoms with Crippen LogP contribution in [0.5, 0.6) is 0 Å². The summed E-state index contributed by atoms with van der Waals surface area (Å²) in [5.41, 5.74) is 3.50. The molecule has 1 aliphatic heterocycles. The minimum atomic E-state index is -0.0741. The van der Waals surface area contributed by atoms with Crippen molar-refractivity contribution in [1.82, 2.24) is 19.4 Å². The highest BCUT2D eigenvalue weighted by Gasteiger charge is 2.24. The second-order valence-corrected chi connectivity index (χ2v) is 7.54. The third-order valence-corrected chi connectivity index (χ3v) is 5.44. The summed E-state index contributed by atoms with van der Waals surface area (Å²) in [6.07, 6.45) is 5.29. The van der Waals surface area contributed by atoms with Crippen LogP contribution in [0, 0.1) is 6.92 Å².